The number of ether oxygens (including phenoxy) is 1. The third-order valence-corrected chi connectivity index (χ3v) is 8.37. The third-order valence-electron chi connectivity index (χ3n) is 8.37. The average molecular weight is 526 g/mol. The number of anilines is 1. The Bertz CT molecular complexity index is 1390. The summed E-state index contributed by atoms with van der Waals surface area (Å²) in [5.74, 6) is -0.412. The van der Waals surface area contributed by atoms with Gasteiger partial charge in [0.25, 0.3) is 5.91 Å². The lowest BCUT2D eigenvalue weighted by atomic mass is 9.78. The van der Waals surface area contributed by atoms with E-state index >= 15 is 0 Å². The minimum absolute atomic E-state index is 0.0337. The smallest absolute Gasteiger partial charge is 0.379 e. The van der Waals surface area contributed by atoms with E-state index in [-0.39, 0.29) is 28.6 Å². The van der Waals surface area contributed by atoms with Gasteiger partial charge in [0.15, 0.2) is 0 Å². The molecule has 0 spiro atoms. The van der Waals surface area contributed by atoms with Gasteiger partial charge in [-0.1, -0.05) is 17.3 Å². The number of hydrogen-bond donors (Lipinski definition) is 1. The van der Waals surface area contributed by atoms with Gasteiger partial charge in [0.05, 0.1) is 49.2 Å². The number of carbonyl (C=O) groups is 1. The summed E-state index contributed by atoms with van der Waals surface area (Å²) in [6.07, 6.45) is 0.242. The van der Waals surface area contributed by atoms with Crippen molar-refractivity contribution in [1.29, 1.82) is 0 Å². The zero-order chi connectivity index (χ0) is 26.7. The number of aryl methyl sites for hydroxylation is 1. The Morgan fingerprint density at radius 3 is 2.55 bits per heavy atom. The number of benzene rings is 2. The van der Waals surface area contributed by atoms with E-state index in [1.54, 1.807) is 18.3 Å². The molecule has 1 N–H and O–H groups in total. The Morgan fingerprint density at radius 2 is 1.95 bits per heavy atom. The van der Waals surface area contributed by atoms with Crippen molar-refractivity contribution in [1.82, 2.24) is 20.3 Å². The Labute approximate surface area is 219 Å². The molecule has 3 heterocycles. The fourth-order valence-electron chi connectivity index (χ4n) is 5.68. The monoisotopic (exact) mass is 525 g/mol. The number of rotatable bonds is 7. The summed E-state index contributed by atoms with van der Waals surface area (Å²) in [5, 5.41) is 11.5. The maximum atomic E-state index is 14.1. The molecule has 1 aromatic heterocycles. The van der Waals surface area contributed by atoms with Crippen molar-refractivity contribution in [2.24, 2.45) is 0 Å². The molecule has 1 saturated heterocycles. The first kappa shape index (κ1) is 25.1. The minimum atomic E-state index is -4.55. The van der Waals surface area contributed by atoms with E-state index in [2.05, 4.69) is 22.6 Å². The number of nitrogens with one attached hydrogen (secondary N) is 1. The molecule has 1 aliphatic carbocycles. The molecule has 7 nitrogen and oxygen atoms in total. The number of fused-ring (bicyclic) bond motifs is 1. The summed E-state index contributed by atoms with van der Waals surface area (Å²) >= 11 is 0. The molecule has 6 rings (SSSR count). The topological polar surface area (TPSA) is 72.3 Å². The molecule has 2 aromatic carbocycles. The molecular weight excluding hydrogens is 495 g/mol. The number of halogens is 3. The highest BCUT2D eigenvalue weighted by Gasteiger charge is 2.43. The van der Waals surface area contributed by atoms with Crippen molar-refractivity contribution < 1.29 is 22.7 Å². The first-order valence-electron chi connectivity index (χ1n) is 12.9. The summed E-state index contributed by atoms with van der Waals surface area (Å²) in [7, 11) is 0. The van der Waals surface area contributed by atoms with Crippen molar-refractivity contribution in [2.75, 3.05) is 18.1 Å². The van der Waals surface area contributed by atoms with Gasteiger partial charge in [-0.05, 0) is 74.1 Å². The molecule has 0 unspecified atom stereocenters. The summed E-state index contributed by atoms with van der Waals surface area (Å²) < 4.78 is 49.8. The molecular formula is C28H30F3N5O2. The molecule has 2 fully saturated rings. The van der Waals surface area contributed by atoms with Crippen LogP contribution < -0.4 is 10.2 Å². The van der Waals surface area contributed by atoms with E-state index < -0.39 is 17.6 Å². The van der Waals surface area contributed by atoms with E-state index in [9.17, 15) is 18.0 Å². The largest absolute Gasteiger partial charge is 0.416 e. The van der Waals surface area contributed by atoms with Crippen LogP contribution in [-0.2, 0) is 36.0 Å². The molecule has 0 radical (unpaired) electrons. The second kappa shape index (κ2) is 8.91. The van der Waals surface area contributed by atoms with Gasteiger partial charge in [0, 0.05) is 23.3 Å². The summed E-state index contributed by atoms with van der Waals surface area (Å²) in [6, 6.07) is 10.3. The maximum Gasteiger partial charge on any atom is 0.416 e. The van der Waals surface area contributed by atoms with E-state index in [0.29, 0.717) is 37.6 Å². The van der Waals surface area contributed by atoms with Crippen molar-refractivity contribution in [2.45, 2.75) is 69.9 Å². The van der Waals surface area contributed by atoms with Gasteiger partial charge >= 0.3 is 6.18 Å². The normalized spacial score (nSPS) is 19.7. The molecule has 38 heavy (non-hydrogen) atoms. The standard InChI is InChI=1S/C28H30F3N5O2/c1-18-12-33-34-36(18)15-27(16-38-17-27)20-5-3-6-21(11-20)35-14-23-22(25(35)37)9-19(10-24(23)28(29,30)31)13-32-26(2)7-4-8-26/h3,5-6,9-12,32H,4,7-8,13-17H2,1-2H3. The molecule has 0 atom stereocenters. The first-order chi connectivity index (χ1) is 18.1. The van der Waals surface area contributed by atoms with E-state index in [1.807, 2.05) is 29.8 Å². The van der Waals surface area contributed by atoms with Crippen LogP contribution in [0.4, 0.5) is 18.9 Å². The SMILES string of the molecule is Cc1cnnn1CC1(c2cccc(N3Cc4c(cc(CNC5(C)CCC5)cc4C(F)(F)F)C3=O)c2)COC1. The summed E-state index contributed by atoms with van der Waals surface area (Å²) in [6.45, 7) is 5.71. The average Bonchev–Trinajstić information content (AvgIpc) is 3.40. The van der Waals surface area contributed by atoms with Crippen LogP contribution in [-0.4, -0.2) is 39.7 Å². The number of nitrogens with zero attached hydrogens (tertiary/aromatic N) is 4. The Hall–Kier alpha value is -3.24. The van der Waals surface area contributed by atoms with E-state index in [4.69, 9.17) is 4.74 Å². The number of amides is 1. The van der Waals surface area contributed by atoms with Gasteiger partial charge in [0.1, 0.15) is 0 Å². The fraction of sp³-hybridized carbons (Fsp3) is 0.464. The molecule has 3 aliphatic rings. The van der Waals surface area contributed by atoms with Crippen LogP contribution in [0.15, 0.2) is 42.6 Å². The number of hydrogen-bond acceptors (Lipinski definition) is 5. The maximum absolute atomic E-state index is 14.1. The Morgan fingerprint density at radius 1 is 1.16 bits per heavy atom. The molecule has 10 heteroatoms. The van der Waals surface area contributed by atoms with E-state index in [0.717, 1.165) is 30.5 Å². The lowest BCUT2D eigenvalue weighted by Gasteiger charge is -2.42. The molecule has 1 amide bonds. The predicted octanol–water partition coefficient (Wildman–Crippen LogP) is 4.77. The highest BCUT2D eigenvalue weighted by molar-refractivity contribution is 6.10. The first-order valence-corrected chi connectivity index (χ1v) is 12.9. The van der Waals surface area contributed by atoms with Crippen LogP contribution in [0.25, 0.3) is 0 Å². The summed E-state index contributed by atoms with van der Waals surface area (Å²) in [4.78, 5) is 15.0. The second-order valence-electron chi connectivity index (χ2n) is 11.2. The van der Waals surface area contributed by atoms with Crippen LogP contribution in [0.5, 0.6) is 0 Å². The van der Waals surface area contributed by atoms with Crippen LogP contribution in [0, 0.1) is 6.92 Å². The quantitative estimate of drug-likeness (QED) is 0.481. The van der Waals surface area contributed by atoms with Gasteiger partial charge in [-0.15, -0.1) is 5.10 Å². The molecule has 2 aliphatic heterocycles. The Balaban J connectivity index is 1.30. The lowest BCUT2D eigenvalue weighted by Crippen LogP contribution is -2.50. The Kier molecular flexibility index (Phi) is 5.88. The van der Waals surface area contributed by atoms with Gasteiger partial charge in [-0.2, -0.15) is 13.2 Å². The summed E-state index contributed by atoms with van der Waals surface area (Å²) in [5.41, 5.74) is 1.94. The van der Waals surface area contributed by atoms with Crippen LogP contribution in [0.2, 0.25) is 0 Å². The minimum Gasteiger partial charge on any atom is -0.379 e. The van der Waals surface area contributed by atoms with E-state index in [1.165, 1.54) is 11.0 Å². The number of carbonyl (C=O) groups excluding carboxylic acids is 1. The van der Waals surface area contributed by atoms with Gasteiger partial charge < -0.3 is 15.0 Å². The zero-order valence-corrected chi connectivity index (χ0v) is 21.4. The number of aromatic nitrogens is 3. The third kappa shape index (κ3) is 4.29. The zero-order valence-electron chi connectivity index (χ0n) is 21.4. The highest BCUT2D eigenvalue weighted by atomic mass is 19.4. The van der Waals surface area contributed by atoms with Gasteiger partial charge in [-0.3, -0.25) is 4.79 Å². The number of alkyl halides is 3. The second-order valence-corrected chi connectivity index (χ2v) is 11.2. The highest BCUT2D eigenvalue weighted by Crippen LogP contribution is 2.41. The van der Waals surface area contributed by atoms with Gasteiger partial charge in [-0.25, -0.2) is 4.68 Å². The van der Waals surface area contributed by atoms with Gasteiger partial charge in [0.2, 0.25) is 0 Å². The molecule has 1 saturated carbocycles. The van der Waals surface area contributed by atoms with Crippen LogP contribution >= 0.6 is 0 Å². The molecule has 0 bridgehead atoms. The molecule has 3 aromatic rings. The van der Waals surface area contributed by atoms with Crippen molar-refractivity contribution in [3.63, 3.8) is 0 Å². The van der Waals surface area contributed by atoms with Crippen molar-refractivity contribution in [3.05, 3.63) is 76.1 Å². The predicted molar refractivity (Wildman–Crippen MR) is 135 cm³/mol. The molecule has 200 valence electrons. The van der Waals surface area contributed by atoms with Crippen LogP contribution in [0.1, 0.15) is 64.5 Å². The van der Waals surface area contributed by atoms with Crippen LogP contribution in [0.3, 0.4) is 0 Å². The van der Waals surface area contributed by atoms with Crippen molar-refractivity contribution in [3.8, 4) is 0 Å². The lowest BCUT2D eigenvalue weighted by molar-refractivity contribution is -0.138. The fourth-order valence-corrected chi connectivity index (χ4v) is 5.68. The van der Waals surface area contributed by atoms with Crippen molar-refractivity contribution >= 4 is 11.6 Å².